The first kappa shape index (κ1) is 30.8. The van der Waals surface area contributed by atoms with Crippen molar-refractivity contribution in [2.24, 2.45) is 11.8 Å². The van der Waals surface area contributed by atoms with E-state index in [9.17, 15) is 19.5 Å². The van der Waals surface area contributed by atoms with E-state index in [4.69, 9.17) is 16.3 Å². The summed E-state index contributed by atoms with van der Waals surface area (Å²) in [6.45, 7) is 2.40. The number of hydrogen-bond acceptors (Lipinski definition) is 5. The zero-order valence-corrected chi connectivity index (χ0v) is 24.5. The number of carbonyl (C=O) groups excluding carboxylic acids is 3. The molecule has 1 saturated carbocycles. The fourth-order valence-corrected chi connectivity index (χ4v) is 6.26. The van der Waals surface area contributed by atoms with Crippen molar-refractivity contribution in [1.29, 1.82) is 0 Å². The Morgan fingerprint density at radius 2 is 1.78 bits per heavy atom. The minimum absolute atomic E-state index is 0.0329. The van der Waals surface area contributed by atoms with Gasteiger partial charge in [-0.25, -0.2) is 4.79 Å². The number of nitrogens with zero attached hydrogens (tertiary/aromatic N) is 1. The number of likely N-dealkylation sites (tertiary alicyclic amines) is 1. The lowest BCUT2D eigenvalue weighted by Crippen LogP contribution is -2.52. The van der Waals surface area contributed by atoms with Crippen molar-refractivity contribution in [3.05, 3.63) is 70.7 Å². The zero-order chi connectivity index (χ0) is 29.2. The summed E-state index contributed by atoms with van der Waals surface area (Å²) >= 11 is 6.02. The monoisotopic (exact) mass is 583 g/mol. The van der Waals surface area contributed by atoms with E-state index < -0.39 is 18.2 Å². The quantitative estimate of drug-likeness (QED) is 0.311. The van der Waals surface area contributed by atoms with Gasteiger partial charge in [-0.3, -0.25) is 9.59 Å². The lowest BCUT2D eigenvalue weighted by Gasteiger charge is -2.28. The highest BCUT2D eigenvalue weighted by molar-refractivity contribution is 6.30. The minimum atomic E-state index is -0.798. The number of amides is 3. The van der Waals surface area contributed by atoms with E-state index >= 15 is 0 Å². The number of aliphatic hydroxyl groups excluding tert-OH is 1. The maximum Gasteiger partial charge on any atom is 0.408 e. The topological polar surface area (TPSA) is 108 Å². The maximum absolute atomic E-state index is 13.4. The normalized spacial score (nSPS) is 19.8. The van der Waals surface area contributed by atoms with Gasteiger partial charge in [0.15, 0.2) is 0 Å². The maximum atomic E-state index is 13.4. The van der Waals surface area contributed by atoms with Crippen LogP contribution >= 0.6 is 11.6 Å². The smallest absolute Gasteiger partial charge is 0.408 e. The van der Waals surface area contributed by atoms with Crippen molar-refractivity contribution >= 4 is 29.5 Å². The second kappa shape index (κ2) is 15.2. The summed E-state index contributed by atoms with van der Waals surface area (Å²) in [6.07, 6.45) is 6.26. The van der Waals surface area contributed by atoms with E-state index in [1.54, 1.807) is 18.2 Å². The molecule has 1 heterocycles. The van der Waals surface area contributed by atoms with Crippen molar-refractivity contribution < 1.29 is 24.2 Å². The molecule has 2 fully saturated rings. The van der Waals surface area contributed by atoms with Gasteiger partial charge >= 0.3 is 6.09 Å². The molecule has 1 saturated heterocycles. The molecule has 2 aliphatic rings. The van der Waals surface area contributed by atoms with Gasteiger partial charge in [-0.1, -0.05) is 86.2 Å². The second-order valence-corrected chi connectivity index (χ2v) is 11.8. The third-order valence-electron chi connectivity index (χ3n) is 8.40. The van der Waals surface area contributed by atoms with Crippen LogP contribution in [0.1, 0.15) is 75.5 Å². The van der Waals surface area contributed by atoms with Crippen LogP contribution in [0.5, 0.6) is 0 Å². The third-order valence-corrected chi connectivity index (χ3v) is 8.63. The Kier molecular flexibility index (Phi) is 11.5. The molecule has 1 aliphatic carbocycles. The van der Waals surface area contributed by atoms with Crippen molar-refractivity contribution in [2.75, 3.05) is 13.2 Å². The fourth-order valence-electron chi connectivity index (χ4n) is 6.05. The average Bonchev–Trinajstić information content (AvgIpc) is 3.35. The molecule has 4 rings (SSSR count). The Balaban J connectivity index is 1.35. The Morgan fingerprint density at radius 3 is 2.49 bits per heavy atom. The van der Waals surface area contributed by atoms with Crippen LogP contribution in [0.25, 0.3) is 0 Å². The first-order chi connectivity index (χ1) is 19.8. The van der Waals surface area contributed by atoms with Gasteiger partial charge in [0.05, 0.1) is 18.7 Å². The van der Waals surface area contributed by atoms with Crippen LogP contribution in [0.4, 0.5) is 4.79 Å². The van der Waals surface area contributed by atoms with Gasteiger partial charge < -0.3 is 25.4 Å². The number of hydrogen-bond donors (Lipinski definition) is 3. The Morgan fingerprint density at radius 1 is 1.02 bits per heavy atom. The first-order valence-electron chi connectivity index (χ1n) is 14.8. The predicted octanol–water partition coefficient (Wildman–Crippen LogP) is 5.38. The summed E-state index contributed by atoms with van der Waals surface area (Å²) in [5.41, 5.74) is 1.82. The highest BCUT2D eigenvalue weighted by Crippen LogP contribution is 2.31. The Labute approximate surface area is 247 Å². The number of carbonyl (C=O) groups is 3. The molecule has 0 radical (unpaired) electrons. The summed E-state index contributed by atoms with van der Waals surface area (Å²) in [5, 5.41) is 16.4. The standard InChI is InChI=1S/C32H42ClN3O5/c1-22(25-12-6-3-7-13-25)36-16-15-26(31(36)39)19-28(20-37)34-30(38)29(18-23-9-4-2-5-10-23)35-32(40)41-21-24-11-8-14-27(33)17-24/h3,6-8,11-14,17,22-23,26,28-29,37H,2,4-5,9-10,15-16,18-21H2,1H3,(H,34,38)(H,35,40). The number of ether oxygens (including phenoxy) is 1. The second-order valence-electron chi connectivity index (χ2n) is 11.4. The average molecular weight is 584 g/mol. The molecule has 41 heavy (non-hydrogen) atoms. The summed E-state index contributed by atoms with van der Waals surface area (Å²) in [7, 11) is 0. The van der Waals surface area contributed by atoms with Crippen molar-refractivity contribution in [3.8, 4) is 0 Å². The number of alkyl carbamates (subject to hydrolysis) is 1. The van der Waals surface area contributed by atoms with Gasteiger partial charge in [-0.15, -0.1) is 0 Å². The highest BCUT2D eigenvalue weighted by Gasteiger charge is 2.37. The minimum Gasteiger partial charge on any atom is -0.445 e. The lowest BCUT2D eigenvalue weighted by atomic mass is 9.84. The van der Waals surface area contributed by atoms with Crippen LogP contribution in [-0.4, -0.2) is 53.1 Å². The van der Waals surface area contributed by atoms with Crippen LogP contribution in [0, 0.1) is 11.8 Å². The van der Waals surface area contributed by atoms with Crippen molar-refractivity contribution in [2.45, 2.75) is 83.0 Å². The van der Waals surface area contributed by atoms with Crippen LogP contribution in [-0.2, 0) is 20.9 Å². The molecule has 1 aliphatic heterocycles. The van der Waals surface area contributed by atoms with E-state index in [1.165, 1.54) is 6.42 Å². The SMILES string of the molecule is CC(c1ccccc1)N1CCC(CC(CO)NC(=O)C(CC2CCCCC2)NC(=O)OCc2cccc(Cl)c2)C1=O. The molecule has 0 aromatic heterocycles. The number of benzene rings is 2. The van der Waals surface area contributed by atoms with Crippen LogP contribution < -0.4 is 10.6 Å². The molecule has 4 unspecified atom stereocenters. The van der Waals surface area contributed by atoms with Gasteiger partial charge in [0.2, 0.25) is 11.8 Å². The molecule has 0 bridgehead atoms. The molecular formula is C32H42ClN3O5. The summed E-state index contributed by atoms with van der Waals surface area (Å²) in [4.78, 5) is 41.3. The van der Waals surface area contributed by atoms with Gasteiger partial charge in [-0.2, -0.15) is 0 Å². The van der Waals surface area contributed by atoms with E-state index in [1.807, 2.05) is 48.2 Å². The number of rotatable bonds is 12. The number of aliphatic hydroxyl groups is 1. The van der Waals surface area contributed by atoms with Gasteiger partial charge in [0.25, 0.3) is 0 Å². The van der Waals surface area contributed by atoms with E-state index in [2.05, 4.69) is 10.6 Å². The van der Waals surface area contributed by atoms with Gasteiger partial charge in [0.1, 0.15) is 12.6 Å². The molecule has 222 valence electrons. The summed E-state index contributed by atoms with van der Waals surface area (Å²) in [6, 6.07) is 15.5. The molecule has 0 spiro atoms. The molecule has 9 heteroatoms. The van der Waals surface area contributed by atoms with E-state index in [0.29, 0.717) is 36.7 Å². The van der Waals surface area contributed by atoms with Crippen LogP contribution in [0.15, 0.2) is 54.6 Å². The van der Waals surface area contributed by atoms with Crippen LogP contribution in [0.2, 0.25) is 5.02 Å². The largest absolute Gasteiger partial charge is 0.445 e. The fraction of sp³-hybridized carbons (Fsp3) is 0.531. The lowest BCUT2D eigenvalue weighted by molar-refractivity contribution is -0.133. The first-order valence-corrected chi connectivity index (χ1v) is 15.2. The molecule has 3 N–H and O–H groups in total. The molecule has 2 aromatic rings. The zero-order valence-electron chi connectivity index (χ0n) is 23.8. The molecular weight excluding hydrogens is 542 g/mol. The van der Waals surface area contributed by atoms with Gasteiger partial charge in [0, 0.05) is 17.5 Å². The molecule has 3 amide bonds. The highest BCUT2D eigenvalue weighted by atomic mass is 35.5. The van der Waals surface area contributed by atoms with E-state index in [0.717, 1.165) is 36.8 Å². The summed E-state index contributed by atoms with van der Waals surface area (Å²) in [5.74, 6) is -0.291. The summed E-state index contributed by atoms with van der Waals surface area (Å²) < 4.78 is 5.39. The molecule has 4 atom stereocenters. The van der Waals surface area contributed by atoms with Crippen molar-refractivity contribution in [1.82, 2.24) is 15.5 Å². The third kappa shape index (κ3) is 8.94. The predicted molar refractivity (Wildman–Crippen MR) is 158 cm³/mol. The number of nitrogens with one attached hydrogen (secondary N) is 2. The number of halogens is 1. The van der Waals surface area contributed by atoms with Gasteiger partial charge in [-0.05, 0) is 55.4 Å². The van der Waals surface area contributed by atoms with E-state index in [-0.39, 0.29) is 37.0 Å². The Bertz CT molecular complexity index is 1160. The molecule has 8 nitrogen and oxygen atoms in total. The Hall–Kier alpha value is -3.10. The van der Waals surface area contributed by atoms with Crippen molar-refractivity contribution in [3.63, 3.8) is 0 Å². The van der Waals surface area contributed by atoms with Crippen LogP contribution in [0.3, 0.4) is 0 Å². The molecule has 2 aromatic carbocycles.